The van der Waals surface area contributed by atoms with E-state index in [0.717, 1.165) is 0 Å². The van der Waals surface area contributed by atoms with Crippen molar-refractivity contribution in [3.63, 3.8) is 0 Å². The van der Waals surface area contributed by atoms with Crippen molar-refractivity contribution in [3.8, 4) is 5.75 Å². The highest BCUT2D eigenvalue weighted by Gasteiger charge is 2.63. The quantitative estimate of drug-likeness (QED) is 0.221. The Hall–Kier alpha value is -3.90. The van der Waals surface area contributed by atoms with Crippen LogP contribution in [0.4, 0.5) is 5.69 Å². The molecule has 0 fully saturated rings. The summed E-state index contributed by atoms with van der Waals surface area (Å²) in [6.07, 6.45) is 0.861. The summed E-state index contributed by atoms with van der Waals surface area (Å²) in [6.45, 7) is 4.34. The van der Waals surface area contributed by atoms with Crippen LogP contribution in [0, 0.1) is 17.8 Å². The minimum atomic E-state index is -2.70. The summed E-state index contributed by atoms with van der Waals surface area (Å²) in [5, 5.41) is 45.5. The first kappa shape index (κ1) is 30.1. The van der Waals surface area contributed by atoms with Gasteiger partial charge in [-0.15, -0.1) is 0 Å². The molecule has 222 valence electrons. The van der Waals surface area contributed by atoms with Crippen LogP contribution in [0.2, 0.25) is 0 Å². The van der Waals surface area contributed by atoms with E-state index in [1.165, 1.54) is 9.80 Å². The molecule has 4 rings (SSSR count). The van der Waals surface area contributed by atoms with Crippen molar-refractivity contribution in [2.75, 3.05) is 39.6 Å². The SMILES string of the molecule is CC(C)CN(C=O)Cc1cc(N(C)C)c2c(c1O)C(=O)C1=C(O)C3(O)C(=O)C(C(N)=O)=C(O)C(N(C)C)C3CC1C2. The summed E-state index contributed by atoms with van der Waals surface area (Å²) < 4.78 is 0. The van der Waals surface area contributed by atoms with Crippen LogP contribution in [0.5, 0.6) is 5.75 Å². The van der Waals surface area contributed by atoms with Crippen molar-refractivity contribution in [2.45, 2.75) is 44.9 Å². The topological polar surface area (TPSA) is 185 Å². The third kappa shape index (κ3) is 4.55. The lowest BCUT2D eigenvalue weighted by molar-refractivity contribution is -0.148. The van der Waals surface area contributed by atoms with Crippen LogP contribution in [0.3, 0.4) is 0 Å². The Balaban J connectivity index is 1.93. The number of likely N-dealkylation sites (N-methyl/N-ethyl adjacent to an activating group) is 1. The average molecular weight is 571 g/mol. The van der Waals surface area contributed by atoms with Gasteiger partial charge < -0.3 is 36.0 Å². The predicted molar refractivity (Wildman–Crippen MR) is 149 cm³/mol. The number of phenolic OH excluding ortho intramolecular Hbond substituents is 1. The third-order valence-corrected chi connectivity index (χ3v) is 8.38. The molecule has 0 spiro atoms. The van der Waals surface area contributed by atoms with Crippen LogP contribution < -0.4 is 10.6 Å². The second kappa shape index (κ2) is 10.5. The number of carbonyl (C=O) groups is 4. The molecule has 4 atom stereocenters. The molecule has 3 aliphatic carbocycles. The van der Waals surface area contributed by atoms with Crippen LogP contribution >= 0.6 is 0 Å². The normalized spacial score (nSPS) is 25.7. The number of aliphatic hydroxyl groups is 3. The Kier molecular flexibility index (Phi) is 7.70. The molecule has 1 aromatic carbocycles. The number of Topliss-reactive ketones (excluding diaryl/α,β-unsaturated/α-hetero) is 2. The zero-order valence-corrected chi connectivity index (χ0v) is 24.1. The molecule has 3 aliphatic rings. The monoisotopic (exact) mass is 570 g/mol. The number of rotatable bonds is 8. The molecule has 0 radical (unpaired) electrons. The number of benzene rings is 1. The Bertz CT molecular complexity index is 1400. The summed E-state index contributed by atoms with van der Waals surface area (Å²) in [5.74, 6) is -6.80. The molecule has 0 saturated carbocycles. The standard InChI is InChI=1S/C29H38N4O8/c1-13(2)10-33(12-34)11-15-9-18(31(3)4)16-7-14-8-17-22(32(5)6)25(37)21(28(30)40)27(39)29(17,41)26(38)19(14)24(36)20(16)23(15)35/h9,12-14,17,22,35,37-38,41H,7-8,10-11H2,1-6H3,(H2,30,40). The summed E-state index contributed by atoms with van der Waals surface area (Å²) >= 11 is 0. The summed E-state index contributed by atoms with van der Waals surface area (Å²) in [5.41, 5.74) is 3.01. The molecular weight excluding hydrogens is 532 g/mol. The summed E-state index contributed by atoms with van der Waals surface area (Å²) in [4.78, 5) is 56.2. The Labute approximate surface area is 238 Å². The molecule has 41 heavy (non-hydrogen) atoms. The van der Waals surface area contributed by atoms with E-state index in [1.807, 2.05) is 13.8 Å². The Morgan fingerprint density at radius 3 is 2.32 bits per heavy atom. The number of allylic oxidation sites excluding steroid dienone is 1. The largest absolute Gasteiger partial charge is 0.510 e. The number of aromatic hydroxyl groups is 1. The van der Waals surface area contributed by atoms with Gasteiger partial charge in [0.1, 0.15) is 22.8 Å². The first-order valence-corrected chi connectivity index (χ1v) is 13.5. The highest BCUT2D eigenvalue weighted by molar-refractivity contribution is 6.25. The third-order valence-electron chi connectivity index (χ3n) is 8.38. The molecule has 1 aromatic rings. The van der Waals surface area contributed by atoms with E-state index in [1.54, 1.807) is 39.2 Å². The fourth-order valence-corrected chi connectivity index (χ4v) is 6.71. The van der Waals surface area contributed by atoms with Crippen molar-refractivity contribution in [1.29, 1.82) is 0 Å². The van der Waals surface area contributed by atoms with E-state index in [9.17, 15) is 39.6 Å². The van der Waals surface area contributed by atoms with Gasteiger partial charge in [0.25, 0.3) is 5.91 Å². The highest BCUT2D eigenvalue weighted by atomic mass is 16.3. The van der Waals surface area contributed by atoms with Crippen molar-refractivity contribution < 1.29 is 39.6 Å². The average Bonchev–Trinajstić information content (AvgIpc) is 2.86. The number of hydrogen-bond acceptors (Lipinski definition) is 10. The molecule has 0 heterocycles. The van der Waals surface area contributed by atoms with Crippen LogP contribution in [-0.2, 0) is 27.3 Å². The first-order valence-electron chi connectivity index (χ1n) is 13.5. The minimum absolute atomic E-state index is 0.00838. The first-order chi connectivity index (χ1) is 19.1. The number of aliphatic hydroxyl groups excluding tert-OH is 2. The molecule has 0 bridgehead atoms. The molecule has 0 saturated heterocycles. The van der Waals surface area contributed by atoms with Gasteiger partial charge in [0, 0.05) is 49.9 Å². The van der Waals surface area contributed by atoms with Gasteiger partial charge in [-0.1, -0.05) is 13.8 Å². The molecule has 12 nitrogen and oxygen atoms in total. The number of phenols is 1. The lowest BCUT2D eigenvalue weighted by Crippen LogP contribution is -2.63. The molecule has 0 aliphatic heterocycles. The maximum absolute atomic E-state index is 14.1. The van der Waals surface area contributed by atoms with E-state index in [0.29, 0.717) is 29.8 Å². The number of ketones is 2. The molecule has 0 aromatic heterocycles. The maximum Gasteiger partial charge on any atom is 0.255 e. The number of fused-ring (bicyclic) bond motifs is 3. The van der Waals surface area contributed by atoms with Gasteiger partial charge in [-0.3, -0.25) is 24.1 Å². The number of carbonyl (C=O) groups excluding carboxylic acids is 4. The number of nitrogens with zero attached hydrogens (tertiary/aromatic N) is 3. The van der Waals surface area contributed by atoms with E-state index < -0.39 is 58.0 Å². The van der Waals surface area contributed by atoms with Crippen molar-refractivity contribution in [3.05, 3.63) is 45.4 Å². The zero-order chi connectivity index (χ0) is 30.7. The van der Waals surface area contributed by atoms with Crippen molar-refractivity contribution in [1.82, 2.24) is 9.80 Å². The predicted octanol–water partition coefficient (Wildman–Crippen LogP) is 0.801. The van der Waals surface area contributed by atoms with E-state index in [-0.39, 0.29) is 42.2 Å². The molecule has 6 N–H and O–H groups in total. The lowest BCUT2D eigenvalue weighted by atomic mass is 9.58. The number of hydrogen-bond donors (Lipinski definition) is 5. The molecule has 12 heteroatoms. The van der Waals surface area contributed by atoms with Crippen molar-refractivity contribution in [2.24, 2.45) is 23.5 Å². The van der Waals surface area contributed by atoms with E-state index in [2.05, 4.69) is 0 Å². The second-order valence-corrected chi connectivity index (χ2v) is 12.0. The van der Waals surface area contributed by atoms with Gasteiger partial charge in [-0.2, -0.15) is 0 Å². The van der Waals surface area contributed by atoms with E-state index in [4.69, 9.17) is 5.73 Å². The minimum Gasteiger partial charge on any atom is -0.510 e. The van der Waals surface area contributed by atoms with Gasteiger partial charge in [-0.05, 0) is 50.4 Å². The van der Waals surface area contributed by atoms with Gasteiger partial charge in [0.05, 0.1) is 11.6 Å². The summed E-state index contributed by atoms with van der Waals surface area (Å²) in [6, 6.07) is 0.673. The van der Waals surface area contributed by atoms with Gasteiger partial charge in [0.15, 0.2) is 11.4 Å². The fourth-order valence-electron chi connectivity index (χ4n) is 6.71. The van der Waals surface area contributed by atoms with Gasteiger partial charge >= 0.3 is 0 Å². The molecule has 4 unspecified atom stereocenters. The highest BCUT2D eigenvalue weighted by Crippen LogP contribution is 2.53. The van der Waals surface area contributed by atoms with Crippen LogP contribution in [0.1, 0.15) is 41.8 Å². The van der Waals surface area contributed by atoms with Crippen molar-refractivity contribution >= 4 is 29.6 Å². The van der Waals surface area contributed by atoms with Crippen LogP contribution in [0.25, 0.3) is 0 Å². The number of anilines is 1. The molecular formula is C29H38N4O8. The number of primary amides is 1. The van der Waals surface area contributed by atoms with Crippen LogP contribution in [0.15, 0.2) is 28.7 Å². The van der Waals surface area contributed by atoms with E-state index >= 15 is 0 Å². The zero-order valence-electron chi connectivity index (χ0n) is 24.1. The summed E-state index contributed by atoms with van der Waals surface area (Å²) in [7, 11) is 6.73. The Morgan fingerprint density at radius 2 is 1.80 bits per heavy atom. The molecule has 2 amide bonds. The Morgan fingerprint density at radius 1 is 1.17 bits per heavy atom. The lowest BCUT2D eigenvalue weighted by Gasteiger charge is -2.50. The maximum atomic E-state index is 14.1. The second-order valence-electron chi connectivity index (χ2n) is 12.0. The number of nitrogens with two attached hydrogens (primary N) is 1. The number of amides is 2. The van der Waals surface area contributed by atoms with Crippen LogP contribution in [-0.4, -0.2) is 100 Å². The smallest absolute Gasteiger partial charge is 0.255 e. The fraction of sp³-hybridized carbons (Fsp3) is 0.517. The van der Waals surface area contributed by atoms with Gasteiger partial charge in [-0.25, -0.2) is 0 Å². The van der Waals surface area contributed by atoms with Gasteiger partial charge in [0.2, 0.25) is 12.2 Å².